The number of hydrogen-bond acceptors (Lipinski definition) is 0. The summed E-state index contributed by atoms with van der Waals surface area (Å²) in [5.41, 5.74) is 13.2. The fourth-order valence-electron chi connectivity index (χ4n) is 8.22. The number of rotatable bonds is 5. The molecule has 0 amide bonds. The summed E-state index contributed by atoms with van der Waals surface area (Å²) < 4.78 is 2.31. The molecule has 10 rings (SSSR count). The van der Waals surface area contributed by atoms with E-state index in [1.54, 1.807) is 0 Å². The maximum atomic E-state index is 7.98. The van der Waals surface area contributed by atoms with Gasteiger partial charge in [-0.3, -0.25) is 0 Å². The van der Waals surface area contributed by atoms with Crippen molar-refractivity contribution in [3.8, 4) is 50.2 Å². The Morgan fingerprint density at radius 2 is 0.736 bits per heavy atom. The Bertz CT molecular complexity index is 2920. The van der Waals surface area contributed by atoms with Gasteiger partial charge in [0.1, 0.15) is 0 Å². The standard InChI is InChI=1S/C51H32N2/c1-52-47-32-31-39(53-48-21-11-9-15-40(48)41-16-10-12-22-49(41)53)33-46(47)36-27-23-34(24-28-36)35-25-29-38(30-26-35)51-44-19-7-5-17-42(44)50(37-13-3-2-4-14-37)43-18-6-8-20-45(43)51/h2-33H. The van der Waals surface area contributed by atoms with E-state index in [0.29, 0.717) is 5.69 Å². The van der Waals surface area contributed by atoms with E-state index < -0.39 is 0 Å². The van der Waals surface area contributed by atoms with Crippen molar-refractivity contribution < 1.29 is 0 Å². The Hall–Kier alpha value is -7.21. The lowest BCUT2D eigenvalue weighted by Gasteiger charge is -2.18. The second-order valence-electron chi connectivity index (χ2n) is 13.5. The molecule has 1 heterocycles. The van der Waals surface area contributed by atoms with Crippen LogP contribution in [0.2, 0.25) is 0 Å². The summed E-state index contributed by atoms with van der Waals surface area (Å²) in [6.45, 7) is 7.98. The summed E-state index contributed by atoms with van der Waals surface area (Å²) in [4.78, 5) is 3.92. The molecule has 0 N–H and O–H groups in total. The topological polar surface area (TPSA) is 9.29 Å². The van der Waals surface area contributed by atoms with Gasteiger partial charge in [0.15, 0.2) is 5.69 Å². The van der Waals surface area contributed by atoms with Gasteiger partial charge in [0.25, 0.3) is 0 Å². The van der Waals surface area contributed by atoms with E-state index in [9.17, 15) is 0 Å². The van der Waals surface area contributed by atoms with E-state index in [4.69, 9.17) is 6.57 Å². The minimum atomic E-state index is 0.643. The van der Waals surface area contributed by atoms with E-state index in [1.165, 1.54) is 54.6 Å². The predicted molar refractivity (Wildman–Crippen MR) is 224 cm³/mol. The molecule has 2 heteroatoms. The van der Waals surface area contributed by atoms with Gasteiger partial charge in [0.05, 0.1) is 17.6 Å². The number of benzene rings is 9. The first-order valence-corrected chi connectivity index (χ1v) is 18.0. The molecule has 0 spiro atoms. The third-order valence-corrected chi connectivity index (χ3v) is 10.6. The highest BCUT2D eigenvalue weighted by molar-refractivity contribution is 6.21. The van der Waals surface area contributed by atoms with Gasteiger partial charge in [0.2, 0.25) is 0 Å². The molecule has 0 aliphatic carbocycles. The number of aromatic nitrogens is 1. The summed E-state index contributed by atoms with van der Waals surface area (Å²) in [5, 5.41) is 7.46. The van der Waals surface area contributed by atoms with Crippen LogP contribution in [0, 0.1) is 6.57 Å². The third-order valence-electron chi connectivity index (χ3n) is 10.6. The second-order valence-corrected chi connectivity index (χ2v) is 13.5. The van der Waals surface area contributed by atoms with Gasteiger partial charge in [-0.15, -0.1) is 0 Å². The van der Waals surface area contributed by atoms with Crippen molar-refractivity contribution in [1.29, 1.82) is 0 Å². The summed E-state index contributed by atoms with van der Waals surface area (Å²) in [5.74, 6) is 0. The highest BCUT2D eigenvalue weighted by Gasteiger charge is 2.17. The van der Waals surface area contributed by atoms with Crippen LogP contribution < -0.4 is 0 Å². The summed E-state index contributed by atoms with van der Waals surface area (Å²) in [6.07, 6.45) is 0. The molecule has 0 fully saturated rings. The molecule has 0 atom stereocenters. The molecule has 0 saturated carbocycles. The van der Waals surface area contributed by atoms with Gasteiger partial charge in [-0.1, -0.05) is 170 Å². The molecule has 0 saturated heterocycles. The van der Waals surface area contributed by atoms with Crippen molar-refractivity contribution in [2.45, 2.75) is 0 Å². The summed E-state index contributed by atoms with van der Waals surface area (Å²) in [7, 11) is 0. The molecule has 53 heavy (non-hydrogen) atoms. The van der Waals surface area contributed by atoms with Gasteiger partial charge in [0, 0.05) is 16.5 Å². The third kappa shape index (κ3) is 5.02. The van der Waals surface area contributed by atoms with Crippen LogP contribution in [-0.2, 0) is 0 Å². The lowest BCUT2D eigenvalue weighted by molar-refractivity contribution is 1.18. The highest BCUT2D eigenvalue weighted by atomic mass is 15.0. The van der Waals surface area contributed by atoms with E-state index in [-0.39, 0.29) is 0 Å². The van der Waals surface area contributed by atoms with Crippen LogP contribution in [0.3, 0.4) is 0 Å². The van der Waals surface area contributed by atoms with Crippen molar-refractivity contribution in [1.82, 2.24) is 4.57 Å². The number of hydrogen-bond donors (Lipinski definition) is 0. The Labute approximate surface area is 308 Å². The minimum Gasteiger partial charge on any atom is -0.309 e. The summed E-state index contributed by atoms with van der Waals surface area (Å²) >= 11 is 0. The lowest BCUT2D eigenvalue weighted by Crippen LogP contribution is -1.94. The van der Waals surface area contributed by atoms with Crippen molar-refractivity contribution in [2.24, 2.45) is 0 Å². The largest absolute Gasteiger partial charge is 0.309 e. The Morgan fingerprint density at radius 3 is 1.23 bits per heavy atom. The predicted octanol–water partition coefficient (Wildman–Crippen LogP) is 14.3. The molecular formula is C51H32N2. The smallest absolute Gasteiger partial charge is 0.195 e. The first-order chi connectivity index (χ1) is 26.3. The fraction of sp³-hybridized carbons (Fsp3) is 0. The van der Waals surface area contributed by atoms with E-state index in [2.05, 4.69) is 197 Å². The minimum absolute atomic E-state index is 0.643. The van der Waals surface area contributed by atoms with Crippen molar-refractivity contribution in [3.63, 3.8) is 0 Å². The molecule has 0 aliphatic rings. The number of fused-ring (bicyclic) bond motifs is 5. The van der Waals surface area contributed by atoms with E-state index in [0.717, 1.165) is 39.0 Å². The first-order valence-electron chi connectivity index (χ1n) is 18.0. The number of para-hydroxylation sites is 2. The van der Waals surface area contributed by atoms with Crippen LogP contribution in [-0.4, -0.2) is 4.57 Å². The SMILES string of the molecule is [C-]#[N+]c1ccc(-n2c3ccccc3c3ccccc32)cc1-c1ccc(-c2ccc(-c3c4ccccc4c(-c4ccccc4)c4ccccc34)cc2)cc1. The zero-order chi connectivity index (χ0) is 35.3. The molecule has 10 aromatic rings. The Kier molecular flexibility index (Phi) is 7.23. The number of nitrogens with zero attached hydrogens (tertiary/aromatic N) is 2. The molecule has 1 aromatic heterocycles. The monoisotopic (exact) mass is 672 g/mol. The average molecular weight is 673 g/mol. The molecule has 0 aliphatic heterocycles. The fourth-order valence-corrected chi connectivity index (χ4v) is 8.22. The van der Waals surface area contributed by atoms with Crippen molar-refractivity contribution >= 4 is 49.0 Å². The average Bonchev–Trinajstić information content (AvgIpc) is 3.57. The molecule has 2 nitrogen and oxygen atoms in total. The van der Waals surface area contributed by atoms with E-state index >= 15 is 0 Å². The lowest BCUT2D eigenvalue weighted by atomic mass is 9.86. The quantitative estimate of drug-likeness (QED) is 0.127. The van der Waals surface area contributed by atoms with Gasteiger partial charge in [-0.05, 0) is 90.3 Å². The van der Waals surface area contributed by atoms with E-state index in [1.807, 2.05) is 6.07 Å². The zero-order valence-electron chi connectivity index (χ0n) is 28.9. The van der Waals surface area contributed by atoms with Crippen molar-refractivity contribution in [3.05, 3.63) is 206 Å². The molecule has 9 aromatic carbocycles. The Morgan fingerprint density at radius 1 is 0.340 bits per heavy atom. The highest BCUT2D eigenvalue weighted by Crippen LogP contribution is 2.44. The normalized spacial score (nSPS) is 11.4. The Balaban J connectivity index is 1.03. The van der Waals surface area contributed by atoms with Gasteiger partial charge in [-0.25, -0.2) is 4.85 Å². The van der Waals surface area contributed by atoms with Gasteiger partial charge in [-0.2, -0.15) is 0 Å². The molecule has 0 bridgehead atoms. The maximum absolute atomic E-state index is 7.98. The summed E-state index contributed by atoms with van der Waals surface area (Å²) in [6, 6.07) is 69.1. The second kappa shape index (κ2) is 12.5. The molecule has 246 valence electrons. The van der Waals surface area contributed by atoms with Crippen LogP contribution in [0.25, 0.3) is 98.4 Å². The molecule has 0 radical (unpaired) electrons. The van der Waals surface area contributed by atoms with Crippen LogP contribution in [0.4, 0.5) is 5.69 Å². The van der Waals surface area contributed by atoms with Gasteiger partial charge < -0.3 is 4.57 Å². The van der Waals surface area contributed by atoms with Crippen molar-refractivity contribution in [2.75, 3.05) is 0 Å². The van der Waals surface area contributed by atoms with Crippen LogP contribution >= 0.6 is 0 Å². The van der Waals surface area contributed by atoms with Crippen LogP contribution in [0.5, 0.6) is 0 Å². The van der Waals surface area contributed by atoms with Gasteiger partial charge >= 0.3 is 0 Å². The first kappa shape index (κ1) is 30.6. The molecule has 0 unspecified atom stereocenters. The zero-order valence-corrected chi connectivity index (χ0v) is 28.9. The maximum Gasteiger partial charge on any atom is 0.195 e. The molecular weight excluding hydrogens is 641 g/mol. The van der Waals surface area contributed by atoms with Crippen LogP contribution in [0.15, 0.2) is 194 Å². The van der Waals surface area contributed by atoms with Crippen LogP contribution in [0.1, 0.15) is 0 Å².